The molecule has 2 bridgehead atoms. The molecule has 2 unspecified atom stereocenters. The topological polar surface area (TPSA) is 90.4 Å². The maximum atomic E-state index is 14.5. The van der Waals surface area contributed by atoms with Crippen molar-refractivity contribution in [3.05, 3.63) is 36.9 Å². The molecular weight excluding hydrogens is 502 g/mol. The number of thioether (sulfide) groups is 1. The highest BCUT2D eigenvalue weighted by Crippen LogP contribution is 2.71. The van der Waals surface area contributed by atoms with Crippen LogP contribution in [0.15, 0.2) is 36.9 Å². The minimum Gasteiger partial charge on any atom is -0.466 e. The zero-order chi connectivity index (χ0) is 27.7. The van der Waals surface area contributed by atoms with Gasteiger partial charge in [0.15, 0.2) is 0 Å². The molecule has 1 aromatic carbocycles. The van der Waals surface area contributed by atoms with Crippen LogP contribution in [0.2, 0.25) is 0 Å². The summed E-state index contributed by atoms with van der Waals surface area (Å²) in [6, 6.07) is 7.19. The second kappa shape index (κ2) is 11.3. The average Bonchev–Trinajstić information content (AvgIpc) is 3.47. The molecule has 9 heteroatoms. The van der Waals surface area contributed by atoms with E-state index in [0.717, 1.165) is 30.9 Å². The molecule has 3 fully saturated rings. The van der Waals surface area contributed by atoms with Crippen LogP contribution in [-0.2, 0) is 19.1 Å². The van der Waals surface area contributed by atoms with Crippen LogP contribution in [0.4, 0.5) is 11.4 Å². The third kappa shape index (κ3) is 4.51. The van der Waals surface area contributed by atoms with E-state index in [2.05, 4.69) is 25.3 Å². The Bertz CT molecular complexity index is 1060. The van der Waals surface area contributed by atoms with Gasteiger partial charge >= 0.3 is 5.97 Å². The minimum absolute atomic E-state index is 0.0856. The molecule has 1 spiro atoms. The first-order valence-electron chi connectivity index (χ1n) is 13.8. The Morgan fingerprint density at radius 3 is 2.42 bits per heavy atom. The number of amides is 2. The van der Waals surface area contributed by atoms with Crippen molar-refractivity contribution in [2.75, 3.05) is 49.2 Å². The van der Waals surface area contributed by atoms with Gasteiger partial charge in [-0.05, 0) is 71.2 Å². The summed E-state index contributed by atoms with van der Waals surface area (Å²) >= 11 is 1.63. The number of fused-ring (bicyclic) bond motifs is 1. The molecule has 0 radical (unpaired) electrons. The van der Waals surface area contributed by atoms with E-state index in [4.69, 9.17) is 4.74 Å². The maximum Gasteiger partial charge on any atom is 0.311 e. The highest BCUT2D eigenvalue weighted by Gasteiger charge is 2.77. The smallest absolute Gasteiger partial charge is 0.311 e. The summed E-state index contributed by atoms with van der Waals surface area (Å²) in [7, 11) is 0. The van der Waals surface area contributed by atoms with Gasteiger partial charge in [-0.1, -0.05) is 6.08 Å². The molecule has 0 aliphatic carbocycles. The first kappa shape index (κ1) is 28.5. The van der Waals surface area contributed by atoms with E-state index in [9.17, 15) is 19.5 Å². The van der Waals surface area contributed by atoms with Crippen LogP contribution in [0.25, 0.3) is 0 Å². The third-order valence-electron chi connectivity index (χ3n) is 8.48. The molecule has 208 valence electrons. The number of hydrogen-bond acceptors (Lipinski definition) is 7. The van der Waals surface area contributed by atoms with Crippen LogP contribution in [0, 0.1) is 11.8 Å². The van der Waals surface area contributed by atoms with Gasteiger partial charge in [0.2, 0.25) is 5.91 Å². The molecule has 3 heterocycles. The lowest BCUT2D eigenvalue weighted by Gasteiger charge is -2.37. The number of hydrogen-bond donors (Lipinski definition) is 1. The van der Waals surface area contributed by atoms with Gasteiger partial charge in [0, 0.05) is 48.9 Å². The number of carbonyl (C=O) groups is 3. The Balaban J connectivity index is 1.74. The predicted octanol–water partition coefficient (Wildman–Crippen LogP) is 3.48. The van der Waals surface area contributed by atoms with Gasteiger partial charge in [-0.3, -0.25) is 14.4 Å². The highest BCUT2D eigenvalue weighted by atomic mass is 32.2. The fourth-order valence-corrected chi connectivity index (χ4v) is 9.15. The second-order valence-electron chi connectivity index (χ2n) is 10.5. The maximum absolute atomic E-state index is 14.5. The average molecular weight is 544 g/mol. The monoisotopic (exact) mass is 543 g/mol. The van der Waals surface area contributed by atoms with Gasteiger partial charge in [0.1, 0.15) is 6.04 Å². The minimum atomic E-state index is -0.736. The van der Waals surface area contributed by atoms with Gasteiger partial charge in [-0.2, -0.15) is 0 Å². The van der Waals surface area contributed by atoms with Gasteiger partial charge in [0.05, 0.1) is 23.2 Å². The van der Waals surface area contributed by atoms with Gasteiger partial charge in [0.25, 0.3) is 5.91 Å². The molecule has 8 nitrogen and oxygen atoms in total. The number of carbonyl (C=O) groups excluding carboxylic acids is 3. The fraction of sp³-hybridized carbons (Fsp3) is 0.621. The fourth-order valence-electron chi connectivity index (χ4n) is 6.81. The Morgan fingerprint density at radius 1 is 1.18 bits per heavy atom. The third-order valence-corrected chi connectivity index (χ3v) is 10.5. The van der Waals surface area contributed by atoms with Crippen molar-refractivity contribution in [1.82, 2.24) is 4.90 Å². The summed E-state index contributed by atoms with van der Waals surface area (Å²) in [5, 5.41) is 9.57. The highest BCUT2D eigenvalue weighted by molar-refractivity contribution is 8.02. The van der Waals surface area contributed by atoms with E-state index < -0.39 is 27.4 Å². The molecule has 1 N–H and O–H groups in total. The first-order chi connectivity index (χ1) is 18.2. The Labute approximate surface area is 230 Å². The number of rotatable bonds is 12. The van der Waals surface area contributed by atoms with Crippen molar-refractivity contribution in [3.8, 4) is 0 Å². The Morgan fingerprint density at radius 2 is 1.84 bits per heavy atom. The van der Waals surface area contributed by atoms with Gasteiger partial charge in [-0.15, -0.1) is 18.3 Å². The number of esters is 1. The standard InChI is InChI=1S/C29H41N3O5S/c1-6-17-31(21-13-11-20(12-14-21)30(7-2)8-3)26(35)24-29-16-15-28(5,38-29)23(27(36)37-9-4)22(29)25(34)32(24)18-10-19-33/h6,11-14,22-24,33H,1,7-10,15-19H2,2-5H3/t22-,23-,24?,28+,29?/m0/s1. The molecule has 3 aliphatic rings. The van der Waals surface area contributed by atoms with Crippen LogP contribution < -0.4 is 9.80 Å². The molecular formula is C29H41N3O5S. The zero-order valence-electron chi connectivity index (χ0n) is 23.0. The summed E-state index contributed by atoms with van der Waals surface area (Å²) in [6.07, 6.45) is 3.48. The number of ether oxygens (including phenoxy) is 1. The molecule has 4 rings (SSSR count). The van der Waals surface area contributed by atoms with E-state index in [-0.39, 0.29) is 37.5 Å². The lowest BCUT2D eigenvalue weighted by Crippen LogP contribution is -2.55. The van der Waals surface area contributed by atoms with Crippen molar-refractivity contribution in [2.24, 2.45) is 11.8 Å². The normalized spacial score (nSPS) is 29.3. The van der Waals surface area contributed by atoms with Crippen molar-refractivity contribution < 1.29 is 24.2 Å². The lowest BCUT2D eigenvalue weighted by atomic mass is 9.66. The van der Waals surface area contributed by atoms with E-state index in [1.807, 2.05) is 31.2 Å². The van der Waals surface area contributed by atoms with Crippen LogP contribution in [0.1, 0.15) is 47.0 Å². The van der Waals surface area contributed by atoms with Crippen LogP contribution in [0.5, 0.6) is 0 Å². The summed E-state index contributed by atoms with van der Waals surface area (Å²) in [5.41, 5.74) is 1.82. The van der Waals surface area contributed by atoms with Crippen molar-refractivity contribution in [3.63, 3.8) is 0 Å². The van der Waals surface area contributed by atoms with Crippen LogP contribution >= 0.6 is 11.8 Å². The number of anilines is 2. The Kier molecular flexibility index (Phi) is 8.47. The van der Waals surface area contributed by atoms with E-state index in [0.29, 0.717) is 19.4 Å². The van der Waals surface area contributed by atoms with E-state index in [1.165, 1.54) is 0 Å². The van der Waals surface area contributed by atoms with E-state index >= 15 is 0 Å². The summed E-state index contributed by atoms with van der Waals surface area (Å²) < 4.78 is 4.27. The van der Waals surface area contributed by atoms with Gasteiger partial charge in [-0.25, -0.2) is 0 Å². The number of likely N-dealkylation sites (tertiary alicyclic amines) is 1. The number of benzene rings is 1. The lowest BCUT2D eigenvalue weighted by molar-refractivity contribution is -0.155. The quantitative estimate of drug-likeness (QED) is 0.319. The molecule has 3 saturated heterocycles. The van der Waals surface area contributed by atoms with Crippen LogP contribution in [-0.4, -0.2) is 82.7 Å². The Hall–Kier alpha value is -2.52. The predicted molar refractivity (Wildman–Crippen MR) is 151 cm³/mol. The second-order valence-corrected chi connectivity index (χ2v) is 12.4. The number of aliphatic hydroxyl groups excluding tert-OH is 1. The molecule has 5 atom stereocenters. The molecule has 2 amide bonds. The van der Waals surface area contributed by atoms with Crippen LogP contribution in [0.3, 0.4) is 0 Å². The SMILES string of the molecule is C=CCN(C(=O)C1N(CCCO)C(=O)[C@@H]2[C@@H](C(=O)OCC)[C@@]3(C)CCC12S3)c1ccc(N(CC)CC)cc1. The molecule has 1 aromatic rings. The largest absolute Gasteiger partial charge is 0.466 e. The molecule has 3 aliphatic heterocycles. The first-order valence-corrected chi connectivity index (χ1v) is 14.6. The van der Waals surface area contributed by atoms with Crippen molar-refractivity contribution in [2.45, 2.75) is 62.5 Å². The summed E-state index contributed by atoms with van der Waals surface area (Å²) in [4.78, 5) is 47.2. The van der Waals surface area contributed by atoms with Crippen molar-refractivity contribution in [1.29, 1.82) is 0 Å². The summed E-state index contributed by atoms with van der Waals surface area (Å²) in [6.45, 7) is 14.4. The van der Waals surface area contributed by atoms with Gasteiger partial charge < -0.3 is 24.5 Å². The molecule has 0 saturated carbocycles. The zero-order valence-corrected chi connectivity index (χ0v) is 23.8. The van der Waals surface area contributed by atoms with E-state index in [1.54, 1.807) is 34.6 Å². The molecule has 38 heavy (non-hydrogen) atoms. The summed E-state index contributed by atoms with van der Waals surface area (Å²) in [5.74, 6) is -1.91. The van der Waals surface area contributed by atoms with Crippen molar-refractivity contribution >= 4 is 40.9 Å². The number of aliphatic hydroxyl groups is 1. The molecule has 0 aromatic heterocycles. The number of nitrogens with zero attached hydrogens (tertiary/aromatic N) is 3.